The van der Waals surface area contributed by atoms with Gasteiger partial charge in [0.2, 0.25) is 0 Å². The molecule has 0 spiro atoms. The minimum absolute atomic E-state index is 0.227. The second-order valence-corrected chi connectivity index (χ2v) is 8.03. The Hall–Kier alpha value is -3.60. The molecule has 0 bridgehead atoms. The number of ketones is 1. The highest BCUT2D eigenvalue weighted by atomic mass is 35.5. The molecule has 4 nitrogen and oxygen atoms in total. The van der Waals surface area contributed by atoms with Crippen molar-refractivity contribution in [3.05, 3.63) is 112 Å². The van der Waals surface area contributed by atoms with Gasteiger partial charge in [0.25, 0.3) is 0 Å². The molecule has 0 aliphatic heterocycles. The van der Waals surface area contributed by atoms with Gasteiger partial charge in [-0.3, -0.25) is 4.79 Å². The largest absolute Gasteiger partial charge is 0.454 e. The number of aromatic nitrogens is 2. The van der Waals surface area contributed by atoms with Gasteiger partial charge in [-0.25, -0.2) is 4.68 Å². The van der Waals surface area contributed by atoms with Gasteiger partial charge < -0.3 is 4.42 Å². The number of allylic oxidation sites excluding steroid dienone is 1. The van der Waals surface area contributed by atoms with E-state index in [1.54, 1.807) is 29.0 Å². The number of furan rings is 1. The van der Waals surface area contributed by atoms with Gasteiger partial charge in [0.05, 0.1) is 10.7 Å². The minimum atomic E-state index is -0.227. The number of hydrogen-bond donors (Lipinski definition) is 0. The molecule has 0 N–H and O–H groups in total. The number of carbonyl (C=O) groups is 1. The molecule has 3 aromatic carbocycles. The second kappa shape index (κ2) is 8.50. The Kier molecular flexibility index (Phi) is 5.39. The summed E-state index contributed by atoms with van der Waals surface area (Å²) in [5, 5.41) is 6.51. The maximum Gasteiger partial charge on any atom is 0.187 e. The Morgan fingerprint density at radius 3 is 2.50 bits per heavy atom. The molecular weight excluding hydrogens is 443 g/mol. The Balaban J connectivity index is 1.57. The zero-order chi connectivity index (χ0) is 22.1. The summed E-state index contributed by atoms with van der Waals surface area (Å²) >= 11 is 12.1. The number of para-hydroxylation sites is 2. The number of fused-ring (bicyclic) bond motifs is 1. The lowest BCUT2D eigenvalue weighted by molar-refractivity contribution is 0.104. The van der Waals surface area contributed by atoms with Crippen LogP contribution in [0.1, 0.15) is 15.9 Å². The first-order chi connectivity index (χ1) is 15.6. The van der Waals surface area contributed by atoms with E-state index < -0.39 is 0 Å². The van der Waals surface area contributed by atoms with Crippen molar-refractivity contribution in [1.82, 2.24) is 9.78 Å². The smallest absolute Gasteiger partial charge is 0.187 e. The lowest BCUT2D eigenvalue weighted by Gasteiger charge is -2.00. The van der Waals surface area contributed by atoms with Crippen LogP contribution < -0.4 is 0 Å². The maximum atomic E-state index is 12.8. The van der Waals surface area contributed by atoms with E-state index >= 15 is 0 Å². The Bertz CT molecular complexity index is 1430. The van der Waals surface area contributed by atoms with Gasteiger partial charge in [-0.05, 0) is 54.6 Å². The first-order valence-corrected chi connectivity index (χ1v) is 10.7. The lowest BCUT2D eigenvalue weighted by Crippen LogP contribution is -1.95. The minimum Gasteiger partial charge on any atom is -0.454 e. The zero-order valence-corrected chi connectivity index (χ0v) is 18.2. The molecule has 156 valence electrons. The van der Waals surface area contributed by atoms with Crippen LogP contribution in [0.3, 0.4) is 0 Å². The molecule has 5 rings (SSSR count). The number of halogens is 2. The monoisotopic (exact) mass is 458 g/mol. The molecule has 0 unspecified atom stereocenters. The molecule has 0 radical (unpaired) electrons. The van der Waals surface area contributed by atoms with Crippen LogP contribution in [0.15, 0.2) is 95.6 Å². The molecule has 0 fully saturated rings. The van der Waals surface area contributed by atoms with Crippen LogP contribution in [-0.2, 0) is 0 Å². The SMILES string of the molecule is O=C(C=Cc1cn(-c2ccccc2)nc1-c1cc2ccccc2o1)c1ccc(Cl)cc1Cl. The summed E-state index contributed by atoms with van der Waals surface area (Å²) in [6, 6.07) is 24.3. The van der Waals surface area contributed by atoms with Crippen molar-refractivity contribution in [2.24, 2.45) is 0 Å². The van der Waals surface area contributed by atoms with Gasteiger partial charge in [-0.2, -0.15) is 5.10 Å². The van der Waals surface area contributed by atoms with Crippen LogP contribution in [0.2, 0.25) is 10.0 Å². The third kappa shape index (κ3) is 3.98. The van der Waals surface area contributed by atoms with E-state index in [2.05, 4.69) is 0 Å². The average Bonchev–Trinajstić information content (AvgIpc) is 3.42. The fraction of sp³-hybridized carbons (Fsp3) is 0. The zero-order valence-electron chi connectivity index (χ0n) is 16.7. The molecule has 2 heterocycles. The van der Waals surface area contributed by atoms with Crippen molar-refractivity contribution in [3.8, 4) is 17.1 Å². The number of carbonyl (C=O) groups excluding carboxylic acids is 1. The molecule has 32 heavy (non-hydrogen) atoms. The standard InChI is InChI=1S/C26H16Cl2N2O2/c27-19-11-12-21(22(28)15-19)23(31)13-10-18-16-30(20-7-2-1-3-8-20)29-26(18)25-14-17-6-4-5-9-24(17)32-25/h1-16H. The predicted molar refractivity (Wildman–Crippen MR) is 129 cm³/mol. The summed E-state index contributed by atoms with van der Waals surface area (Å²) in [5.74, 6) is 0.396. The highest BCUT2D eigenvalue weighted by molar-refractivity contribution is 6.37. The van der Waals surface area contributed by atoms with Crippen molar-refractivity contribution < 1.29 is 9.21 Å². The van der Waals surface area contributed by atoms with Crippen LogP contribution in [-0.4, -0.2) is 15.6 Å². The number of hydrogen-bond acceptors (Lipinski definition) is 3. The van der Waals surface area contributed by atoms with Gasteiger partial charge in [0, 0.05) is 27.7 Å². The molecule has 2 aromatic heterocycles. The van der Waals surface area contributed by atoms with Crippen molar-refractivity contribution in [2.45, 2.75) is 0 Å². The summed E-state index contributed by atoms with van der Waals surface area (Å²) in [6.45, 7) is 0. The summed E-state index contributed by atoms with van der Waals surface area (Å²) in [6.07, 6.45) is 5.07. The van der Waals surface area contributed by atoms with Gasteiger partial charge in [-0.15, -0.1) is 0 Å². The summed E-state index contributed by atoms with van der Waals surface area (Å²) in [7, 11) is 0. The van der Waals surface area contributed by atoms with Crippen molar-refractivity contribution >= 4 is 46.0 Å². The molecule has 0 aliphatic rings. The van der Waals surface area contributed by atoms with Gasteiger partial charge in [-0.1, -0.05) is 59.6 Å². The van der Waals surface area contributed by atoms with E-state index in [1.807, 2.05) is 66.9 Å². The van der Waals surface area contributed by atoms with E-state index in [1.165, 1.54) is 6.08 Å². The molecule has 6 heteroatoms. The number of rotatable bonds is 5. The summed E-state index contributed by atoms with van der Waals surface area (Å²) in [4.78, 5) is 12.8. The van der Waals surface area contributed by atoms with Gasteiger partial charge in [0.1, 0.15) is 11.3 Å². The quantitative estimate of drug-likeness (QED) is 0.202. The first kappa shape index (κ1) is 20.3. The fourth-order valence-corrected chi connectivity index (χ4v) is 3.96. The predicted octanol–water partition coefficient (Wildman–Crippen LogP) is 7.49. The van der Waals surface area contributed by atoms with Crippen molar-refractivity contribution in [2.75, 3.05) is 0 Å². The third-order valence-corrected chi connectivity index (χ3v) is 5.58. The average molecular weight is 459 g/mol. The third-order valence-electron chi connectivity index (χ3n) is 5.03. The van der Waals surface area contributed by atoms with Gasteiger partial charge in [0.15, 0.2) is 11.5 Å². The van der Waals surface area contributed by atoms with Gasteiger partial charge >= 0.3 is 0 Å². The molecule has 0 saturated heterocycles. The van der Waals surface area contributed by atoms with Crippen LogP contribution >= 0.6 is 23.2 Å². The first-order valence-electron chi connectivity index (χ1n) is 9.90. The van der Waals surface area contributed by atoms with E-state index in [4.69, 9.17) is 32.7 Å². The van der Waals surface area contributed by atoms with E-state index in [9.17, 15) is 4.79 Å². The summed E-state index contributed by atoms with van der Waals surface area (Å²) in [5.41, 5.74) is 3.43. The van der Waals surface area contributed by atoms with Crippen molar-refractivity contribution in [3.63, 3.8) is 0 Å². The normalized spacial score (nSPS) is 11.4. The number of benzene rings is 3. The van der Waals surface area contributed by atoms with E-state index in [0.717, 1.165) is 22.2 Å². The molecule has 0 saturated carbocycles. The van der Waals surface area contributed by atoms with Crippen LogP contribution in [0, 0.1) is 0 Å². The topological polar surface area (TPSA) is 48.0 Å². The highest BCUT2D eigenvalue weighted by Gasteiger charge is 2.16. The highest BCUT2D eigenvalue weighted by Crippen LogP contribution is 2.31. The molecule has 0 amide bonds. The van der Waals surface area contributed by atoms with Crippen LogP contribution in [0.5, 0.6) is 0 Å². The van der Waals surface area contributed by atoms with E-state index in [0.29, 0.717) is 27.1 Å². The Morgan fingerprint density at radius 2 is 1.72 bits per heavy atom. The Labute approximate surface area is 194 Å². The number of nitrogens with zero attached hydrogens (tertiary/aromatic N) is 2. The Morgan fingerprint density at radius 1 is 0.938 bits per heavy atom. The van der Waals surface area contributed by atoms with Crippen LogP contribution in [0.4, 0.5) is 0 Å². The molecule has 5 aromatic rings. The lowest BCUT2D eigenvalue weighted by atomic mass is 10.1. The molecular formula is C26H16Cl2N2O2. The molecule has 0 atom stereocenters. The molecule has 0 aliphatic carbocycles. The van der Waals surface area contributed by atoms with E-state index in [-0.39, 0.29) is 5.78 Å². The second-order valence-electron chi connectivity index (χ2n) is 7.18. The van der Waals surface area contributed by atoms with Crippen LogP contribution in [0.25, 0.3) is 34.2 Å². The fourth-order valence-electron chi connectivity index (χ4n) is 3.46. The maximum absolute atomic E-state index is 12.8. The van der Waals surface area contributed by atoms with Crippen molar-refractivity contribution in [1.29, 1.82) is 0 Å². The summed E-state index contributed by atoms with van der Waals surface area (Å²) < 4.78 is 7.80.